The van der Waals surface area contributed by atoms with Crippen molar-refractivity contribution in [2.45, 2.75) is 0 Å². The summed E-state index contributed by atoms with van der Waals surface area (Å²) in [7, 11) is -4.20. The molecule has 0 spiro atoms. The average molecular weight is 165 g/mol. The van der Waals surface area contributed by atoms with Gasteiger partial charge in [-0.3, -0.25) is 0 Å². The van der Waals surface area contributed by atoms with Gasteiger partial charge in [-0.1, -0.05) is 0 Å². The predicted octanol–water partition coefficient (Wildman–Crippen LogP) is -0.578. The summed E-state index contributed by atoms with van der Waals surface area (Å²) in [5.41, 5.74) is 0. The minimum absolute atomic E-state index is 0.372. The number of rotatable bonds is 1. The summed E-state index contributed by atoms with van der Waals surface area (Å²) < 4.78 is 11.5. The molecular weight excluding hydrogens is 155 g/mol. The van der Waals surface area contributed by atoms with E-state index in [-0.39, 0.29) is 0 Å². The normalized spacial score (nSPS) is 23.0. The van der Waals surface area contributed by atoms with Crippen molar-refractivity contribution in [3.05, 3.63) is 0 Å². The van der Waals surface area contributed by atoms with E-state index in [1.807, 2.05) is 0 Å². The fourth-order valence-electron chi connectivity index (χ4n) is 0.906. The molecule has 1 rings (SSSR count). The van der Waals surface area contributed by atoms with Crippen LogP contribution in [0.25, 0.3) is 0 Å². The van der Waals surface area contributed by atoms with Crippen LogP contribution in [0.3, 0.4) is 0 Å². The second kappa shape index (κ2) is 2.98. The Bertz CT molecular complexity index is 151. The van der Waals surface area contributed by atoms with Crippen LogP contribution in [0, 0.1) is 0 Å². The molecule has 0 aromatic rings. The second-order valence-electron chi connectivity index (χ2n) is 2.19. The van der Waals surface area contributed by atoms with Gasteiger partial charge in [0, 0.05) is 26.2 Å². The van der Waals surface area contributed by atoms with Crippen molar-refractivity contribution in [3.8, 4) is 0 Å². The lowest BCUT2D eigenvalue weighted by Crippen LogP contribution is -2.41. The molecule has 1 unspecified atom stereocenters. The van der Waals surface area contributed by atoms with Gasteiger partial charge < -0.3 is 10.2 Å². The first-order valence-electron chi connectivity index (χ1n) is 3.10. The molecule has 1 aliphatic rings. The quantitative estimate of drug-likeness (QED) is 0.510. The number of nitrogens with zero attached hydrogens (tertiary/aromatic N) is 1. The summed E-state index contributed by atoms with van der Waals surface area (Å²) in [6.07, 6.45) is 0. The van der Waals surface area contributed by atoms with Gasteiger partial charge in [0.05, 0.1) is 0 Å². The van der Waals surface area contributed by atoms with E-state index in [0.29, 0.717) is 26.2 Å². The molecule has 10 heavy (non-hydrogen) atoms. The standard InChI is InChI=1S/C4H10N2O3P/c7-10(8,9)6-3-1-5-2-4-6/h5H,1-4H2,(H,7,8). The van der Waals surface area contributed by atoms with Crippen molar-refractivity contribution in [2.24, 2.45) is 0 Å². The maximum absolute atomic E-state index is 10.5. The second-order valence-corrected chi connectivity index (χ2v) is 3.74. The fraction of sp³-hybridized carbons (Fsp3) is 1.00. The van der Waals surface area contributed by atoms with Crippen LogP contribution < -0.4 is 5.32 Å². The first-order chi connectivity index (χ1) is 4.61. The van der Waals surface area contributed by atoms with E-state index in [2.05, 4.69) is 5.32 Å². The molecule has 1 saturated heterocycles. The molecule has 6 heteroatoms. The summed E-state index contributed by atoms with van der Waals surface area (Å²) in [6, 6.07) is 0. The molecular formula is C4H10N2O3P. The molecule has 0 aromatic carbocycles. The highest BCUT2D eigenvalue weighted by molar-refractivity contribution is 7.48. The molecule has 1 aliphatic heterocycles. The van der Waals surface area contributed by atoms with Gasteiger partial charge in [0.15, 0.2) is 0 Å². The molecule has 0 aliphatic carbocycles. The van der Waals surface area contributed by atoms with Crippen molar-refractivity contribution in [2.75, 3.05) is 26.2 Å². The highest BCUT2D eigenvalue weighted by atomic mass is 31.2. The van der Waals surface area contributed by atoms with Crippen molar-refractivity contribution >= 4 is 7.75 Å². The van der Waals surface area contributed by atoms with Gasteiger partial charge in [-0.05, 0) is 0 Å². The third-order valence-corrected chi connectivity index (χ3v) is 2.57. The Balaban J connectivity index is 2.47. The van der Waals surface area contributed by atoms with Crippen LogP contribution in [-0.2, 0) is 9.46 Å². The van der Waals surface area contributed by atoms with Crippen LogP contribution >= 0.6 is 7.75 Å². The van der Waals surface area contributed by atoms with Crippen molar-refractivity contribution < 1.29 is 14.4 Å². The maximum Gasteiger partial charge on any atom is 0.433 e. The lowest BCUT2D eigenvalue weighted by Gasteiger charge is -2.25. The lowest BCUT2D eigenvalue weighted by molar-refractivity contribution is 0.222. The van der Waals surface area contributed by atoms with Crippen LogP contribution in [-0.4, -0.2) is 35.7 Å². The molecule has 59 valence electrons. The highest BCUT2D eigenvalue weighted by Gasteiger charge is 2.27. The molecule has 0 amide bonds. The zero-order chi connectivity index (χ0) is 7.61. The SMILES string of the molecule is [O]P(=O)(O)N1CCNCC1. The average Bonchev–Trinajstić information content (AvgIpc) is 1.88. The van der Waals surface area contributed by atoms with Crippen LogP contribution in [0.4, 0.5) is 0 Å². The van der Waals surface area contributed by atoms with Crippen LogP contribution in [0.1, 0.15) is 0 Å². The van der Waals surface area contributed by atoms with Crippen LogP contribution in [0.15, 0.2) is 0 Å². The first kappa shape index (κ1) is 8.17. The van der Waals surface area contributed by atoms with E-state index in [4.69, 9.17) is 4.89 Å². The molecule has 0 bridgehead atoms. The zero-order valence-corrected chi connectivity index (χ0v) is 6.38. The third kappa shape index (κ3) is 2.04. The van der Waals surface area contributed by atoms with Gasteiger partial charge in [0.25, 0.3) is 0 Å². The predicted molar refractivity (Wildman–Crippen MR) is 35.0 cm³/mol. The summed E-state index contributed by atoms with van der Waals surface area (Å²) in [6.45, 7) is 1.98. The summed E-state index contributed by atoms with van der Waals surface area (Å²) in [5, 5.41) is 2.97. The minimum Gasteiger partial charge on any atom is -0.314 e. The van der Waals surface area contributed by atoms with E-state index >= 15 is 0 Å². The van der Waals surface area contributed by atoms with Gasteiger partial charge in [-0.2, -0.15) is 0 Å². The summed E-state index contributed by atoms with van der Waals surface area (Å²) in [4.78, 5) is 19.0. The van der Waals surface area contributed by atoms with E-state index in [1.54, 1.807) is 0 Å². The fourth-order valence-corrected chi connectivity index (χ4v) is 1.61. The number of piperazine rings is 1. The Kier molecular flexibility index (Phi) is 2.44. The summed E-state index contributed by atoms with van der Waals surface area (Å²) in [5.74, 6) is 0. The molecule has 1 heterocycles. The topological polar surface area (TPSA) is 72.5 Å². The molecule has 5 nitrogen and oxygen atoms in total. The number of hydrogen-bond acceptors (Lipinski definition) is 2. The molecule has 1 radical (unpaired) electrons. The number of hydrogen-bond donors (Lipinski definition) is 2. The Morgan fingerprint density at radius 1 is 1.40 bits per heavy atom. The van der Waals surface area contributed by atoms with Crippen molar-refractivity contribution in [3.63, 3.8) is 0 Å². The largest absolute Gasteiger partial charge is 0.433 e. The molecule has 1 fully saturated rings. The van der Waals surface area contributed by atoms with Gasteiger partial charge in [0.2, 0.25) is 0 Å². The van der Waals surface area contributed by atoms with Crippen LogP contribution in [0.5, 0.6) is 0 Å². The zero-order valence-electron chi connectivity index (χ0n) is 5.49. The summed E-state index contributed by atoms with van der Waals surface area (Å²) >= 11 is 0. The maximum atomic E-state index is 10.5. The Labute approximate surface area is 59.2 Å². The smallest absolute Gasteiger partial charge is 0.314 e. The van der Waals surface area contributed by atoms with Crippen molar-refractivity contribution in [1.29, 1.82) is 0 Å². The van der Waals surface area contributed by atoms with E-state index < -0.39 is 7.75 Å². The van der Waals surface area contributed by atoms with E-state index in [0.717, 1.165) is 4.67 Å². The van der Waals surface area contributed by atoms with Gasteiger partial charge in [0.1, 0.15) is 0 Å². The molecule has 0 aromatic heterocycles. The van der Waals surface area contributed by atoms with E-state index in [1.165, 1.54) is 0 Å². The van der Waals surface area contributed by atoms with Gasteiger partial charge in [-0.15, -0.1) is 4.89 Å². The third-order valence-electron chi connectivity index (χ3n) is 1.45. The molecule has 0 saturated carbocycles. The van der Waals surface area contributed by atoms with Gasteiger partial charge in [-0.25, -0.2) is 9.24 Å². The molecule has 1 atom stereocenters. The Morgan fingerprint density at radius 3 is 2.20 bits per heavy atom. The molecule has 2 N–H and O–H groups in total. The lowest BCUT2D eigenvalue weighted by atomic mass is 10.4. The highest BCUT2D eigenvalue weighted by Crippen LogP contribution is 2.40. The minimum atomic E-state index is -4.20. The van der Waals surface area contributed by atoms with Crippen LogP contribution in [0.2, 0.25) is 0 Å². The van der Waals surface area contributed by atoms with Crippen molar-refractivity contribution in [1.82, 2.24) is 9.99 Å². The van der Waals surface area contributed by atoms with Gasteiger partial charge >= 0.3 is 7.75 Å². The van der Waals surface area contributed by atoms with E-state index in [9.17, 15) is 9.46 Å². The Hall–Kier alpha value is 0.0700. The number of nitrogens with one attached hydrogen (secondary N) is 1. The first-order valence-corrected chi connectivity index (χ1v) is 4.64. The monoisotopic (exact) mass is 165 g/mol. The Morgan fingerprint density at radius 2 is 1.90 bits per heavy atom.